The molecule has 0 unspecified atom stereocenters. The van der Waals surface area contributed by atoms with E-state index in [0.29, 0.717) is 12.8 Å². The molecule has 1 aromatic carbocycles. The van der Waals surface area contributed by atoms with Crippen LogP contribution in [0.1, 0.15) is 41.6 Å². The summed E-state index contributed by atoms with van der Waals surface area (Å²) in [5.74, 6) is 0.245. The number of amides is 1. The smallest absolute Gasteiger partial charge is 0.407 e. The summed E-state index contributed by atoms with van der Waals surface area (Å²) in [5.41, 5.74) is 1.66. The van der Waals surface area contributed by atoms with Crippen LogP contribution >= 0.6 is 0 Å². The Kier molecular flexibility index (Phi) is 2.29. The lowest BCUT2D eigenvalue weighted by molar-refractivity contribution is 0.0392. The number of Topliss-reactive ketones (excluding diaryl/α,β-unsaturated/α-hetero) is 1. The fourth-order valence-electron chi connectivity index (χ4n) is 4.62. The van der Waals surface area contributed by atoms with E-state index in [4.69, 9.17) is 0 Å². The Balaban J connectivity index is 1.70. The third kappa shape index (κ3) is 1.42. The molecule has 0 radical (unpaired) electrons. The molecule has 1 aromatic rings. The summed E-state index contributed by atoms with van der Waals surface area (Å²) in [5, 5.41) is 9.33. The average molecular weight is 271 g/mol. The molecule has 3 atom stereocenters. The van der Waals surface area contributed by atoms with Crippen molar-refractivity contribution >= 4 is 11.9 Å². The molecule has 1 aliphatic carbocycles. The molecule has 1 spiro atoms. The molecular weight excluding hydrogens is 254 g/mol. The van der Waals surface area contributed by atoms with Crippen molar-refractivity contribution in [3.05, 3.63) is 35.4 Å². The van der Waals surface area contributed by atoms with Crippen LogP contribution in [0.25, 0.3) is 0 Å². The third-order valence-electron chi connectivity index (χ3n) is 5.37. The van der Waals surface area contributed by atoms with Crippen LogP contribution in [0.3, 0.4) is 0 Å². The monoisotopic (exact) mass is 271 g/mol. The zero-order valence-corrected chi connectivity index (χ0v) is 11.2. The van der Waals surface area contributed by atoms with E-state index in [1.807, 2.05) is 24.3 Å². The van der Waals surface area contributed by atoms with Crippen LogP contribution in [0.15, 0.2) is 24.3 Å². The van der Waals surface area contributed by atoms with E-state index >= 15 is 0 Å². The van der Waals surface area contributed by atoms with Crippen LogP contribution in [-0.2, 0) is 6.42 Å². The van der Waals surface area contributed by atoms with E-state index in [1.54, 1.807) is 4.90 Å². The van der Waals surface area contributed by atoms with E-state index in [1.165, 1.54) is 0 Å². The Morgan fingerprint density at radius 2 is 1.85 bits per heavy atom. The van der Waals surface area contributed by atoms with E-state index in [0.717, 1.165) is 30.4 Å². The molecule has 4 heteroatoms. The Bertz CT molecular complexity index is 595. The minimum atomic E-state index is -0.824. The number of carboxylic acid groups (broad SMARTS) is 1. The predicted molar refractivity (Wildman–Crippen MR) is 72.8 cm³/mol. The second kappa shape index (κ2) is 3.84. The molecule has 2 bridgehead atoms. The lowest BCUT2D eigenvalue weighted by Crippen LogP contribution is -2.51. The fourth-order valence-corrected chi connectivity index (χ4v) is 4.62. The van der Waals surface area contributed by atoms with Crippen molar-refractivity contribution in [2.45, 2.75) is 44.2 Å². The van der Waals surface area contributed by atoms with Crippen LogP contribution in [0.5, 0.6) is 0 Å². The molecule has 4 nitrogen and oxygen atoms in total. The van der Waals surface area contributed by atoms with Crippen molar-refractivity contribution in [3.63, 3.8) is 0 Å². The van der Waals surface area contributed by atoms with Crippen molar-refractivity contribution in [2.24, 2.45) is 5.41 Å². The predicted octanol–water partition coefficient (Wildman–Crippen LogP) is 2.72. The Morgan fingerprint density at radius 3 is 2.45 bits per heavy atom. The average Bonchev–Trinajstić information content (AvgIpc) is 2.85. The maximum atomic E-state index is 12.8. The largest absolute Gasteiger partial charge is 0.465 e. The molecule has 2 fully saturated rings. The minimum Gasteiger partial charge on any atom is -0.465 e. The van der Waals surface area contributed by atoms with Crippen LogP contribution in [0, 0.1) is 5.41 Å². The first-order valence-corrected chi connectivity index (χ1v) is 7.25. The van der Waals surface area contributed by atoms with Gasteiger partial charge in [0.1, 0.15) is 0 Å². The van der Waals surface area contributed by atoms with Crippen molar-refractivity contribution in [2.75, 3.05) is 0 Å². The maximum Gasteiger partial charge on any atom is 0.407 e. The van der Waals surface area contributed by atoms with Crippen LogP contribution < -0.4 is 0 Å². The highest BCUT2D eigenvalue weighted by molar-refractivity contribution is 6.05. The summed E-state index contributed by atoms with van der Waals surface area (Å²) >= 11 is 0. The highest BCUT2D eigenvalue weighted by Gasteiger charge is 2.55. The molecule has 0 aromatic heterocycles. The number of hydrogen-bond donors (Lipinski definition) is 1. The van der Waals surface area contributed by atoms with E-state index in [9.17, 15) is 14.7 Å². The number of benzene rings is 1. The van der Waals surface area contributed by atoms with Gasteiger partial charge in [0.2, 0.25) is 0 Å². The second-order valence-electron chi connectivity index (χ2n) is 6.43. The quantitative estimate of drug-likeness (QED) is 0.789. The number of carbonyl (C=O) groups excluding carboxylic acids is 1. The maximum absolute atomic E-state index is 12.8. The molecule has 4 rings (SSSR count). The van der Waals surface area contributed by atoms with Gasteiger partial charge in [-0.15, -0.1) is 0 Å². The lowest BCUT2D eigenvalue weighted by atomic mass is 9.72. The van der Waals surface area contributed by atoms with Crippen molar-refractivity contribution in [1.82, 2.24) is 4.90 Å². The normalized spacial score (nSPS) is 34.6. The van der Waals surface area contributed by atoms with E-state index < -0.39 is 6.09 Å². The molecule has 3 aliphatic rings. The first-order valence-electron chi connectivity index (χ1n) is 7.25. The van der Waals surface area contributed by atoms with Gasteiger partial charge in [0.25, 0.3) is 0 Å². The number of ketones is 1. The van der Waals surface area contributed by atoms with Gasteiger partial charge in [-0.3, -0.25) is 4.79 Å². The molecule has 1 amide bonds. The number of carbonyl (C=O) groups is 2. The van der Waals surface area contributed by atoms with Gasteiger partial charge in [-0.05, 0) is 37.7 Å². The van der Waals surface area contributed by atoms with Crippen molar-refractivity contribution < 1.29 is 14.7 Å². The van der Waals surface area contributed by atoms with E-state index in [2.05, 4.69) is 0 Å². The molecule has 20 heavy (non-hydrogen) atoms. The molecule has 2 heterocycles. The van der Waals surface area contributed by atoms with Gasteiger partial charge in [0.05, 0.1) is 0 Å². The highest BCUT2D eigenvalue weighted by Crippen LogP contribution is 2.52. The lowest BCUT2D eigenvalue weighted by Gasteiger charge is -2.42. The Morgan fingerprint density at radius 1 is 1.20 bits per heavy atom. The second-order valence-corrected chi connectivity index (χ2v) is 6.43. The minimum absolute atomic E-state index is 0.0320. The fraction of sp³-hybridized carbons (Fsp3) is 0.500. The summed E-state index contributed by atoms with van der Waals surface area (Å²) in [6, 6.07) is 7.91. The number of nitrogens with zero attached hydrogens (tertiary/aromatic N) is 1. The molecule has 2 aliphatic heterocycles. The van der Waals surface area contributed by atoms with E-state index in [-0.39, 0.29) is 23.3 Å². The van der Waals surface area contributed by atoms with Gasteiger partial charge in [0, 0.05) is 23.1 Å². The van der Waals surface area contributed by atoms with Gasteiger partial charge in [-0.1, -0.05) is 24.3 Å². The number of fused-ring (bicyclic) bond motifs is 3. The van der Waals surface area contributed by atoms with Crippen molar-refractivity contribution in [3.8, 4) is 0 Å². The van der Waals surface area contributed by atoms with Gasteiger partial charge >= 0.3 is 6.09 Å². The van der Waals surface area contributed by atoms with Gasteiger partial charge in [0.15, 0.2) is 5.78 Å². The number of piperidine rings is 1. The van der Waals surface area contributed by atoms with Gasteiger partial charge < -0.3 is 10.0 Å². The molecular formula is C16H17NO3. The standard InChI is InChI=1S/C16H17NO3/c18-14-13-4-2-1-3-10(13)7-16(14)8-11-5-6-12(9-16)17(11)15(19)20/h1-4,11-12H,5-9H2,(H,19,20)/t11-,12+,16-. The van der Waals surface area contributed by atoms with Crippen molar-refractivity contribution in [1.29, 1.82) is 0 Å². The first kappa shape index (κ1) is 11.9. The number of hydrogen-bond acceptors (Lipinski definition) is 2. The topological polar surface area (TPSA) is 57.6 Å². The molecule has 1 N–H and O–H groups in total. The van der Waals surface area contributed by atoms with Gasteiger partial charge in [-0.2, -0.15) is 0 Å². The molecule has 0 saturated carbocycles. The van der Waals surface area contributed by atoms with Gasteiger partial charge in [-0.25, -0.2) is 4.79 Å². The molecule has 2 saturated heterocycles. The third-order valence-corrected chi connectivity index (χ3v) is 5.37. The van der Waals surface area contributed by atoms with Crippen LogP contribution in [-0.4, -0.2) is 34.0 Å². The highest BCUT2D eigenvalue weighted by atomic mass is 16.4. The summed E-state index contributed by atoms with van der Waals surface area (Å²) in [6.07, 6.45) is 3.18. The molecule has 104 valence electrons. The summed E-state index contributed by atoms with van der Waals surface area (Å²) in [4.78, 5) is 25.8. The first-order chi connectivity index (χ1) is 9.61. The Hall–Kier alpha value is -1.84. The summed E-state index contributed by atoms with van der Waals surface area (Å²) in [7, 11) is 0. The Labute approximate surface area is 117 Å². The SMILES string of the molecule is O=C(O)N1[C@@H]2CC[C@H]1C[C@@]1(Cc3ccccc3C1=O)C2. The zero-order valence-electron chi connectivity index (χ0n) is 11.2. The number of rotatable bonds is 0. The van der Waals surface area contributed by atoms with Crippen LogP contribution in [0.2, 0.25) is 0 Å². The summed E-state index contributed by atoms with van der Waals surface area (Å²) in [6.45, 7) is 0. The van der Waals surface area contributed by atoms with Crippen LogP contribution in [0.4, 0.5) is 4.79 Å². The summed E-state index contributed by atoms with van der Waals surface area (Å²) < 4.78 is 0. The zero-order chi connectivity index (χ0) is 13.9.